The van der Waals surface area contributed by atoms with Gasteiger partial charge in [-0.05, 0) is 83.7 Å². The van der Waals surface area contributed by atoms with Crippen LogP contribution in [-0.4, -0.2) is 43.6 Å². The first-order valence-electron chi connectivity index (χ1n) is 13.1. The SMILES string of the molecule is CS(=O)(=O)N(CCC1OB(O)c2ccccc21)Cc1cc2oc(-c3ccc(F)cc3)c(C(N)=O)c2cc1C1CC1. The van der Waals surface area contributed by atoms with Gasteiger partial charge in [0.05, 0.1) is 17.9 Å². The molecule has 1 amide bonds. The van der Waals surface area contributed by atoms with Gasteiger partial charge in [0, 0.05) is 24.0 Å². The molecule has 1 unspecified atom stereocenters. The Bertz CT molecular complexity index is 1720. The molecule has 0 radical (unpaired) electrons. The summed E-state index contributed by atoms with van der Waals surface area (Å²) in [4.78, 5) is 12.5. The highest BCUT2D eigenvalue weighted by Crippen LogP contribution is 2.45. The fourth-order valence-corrected chi connectivity index (χ4v) is 6.34. The smallest absolute Gasteiger partial charge is 0.455 e. The lowest BCUT2D eigenvalue weighted by Crippen LogP contribution is -2.32. The van der Waals surface area contributed by atoms with E-state index in [0.29, 0.717) is 28.4 Å². The van der Waals surface area contributed by atoms with E-state index in [1.165, 1.54) is 34.8 Å². The van der Waals surface area contributed by atoms with Crippen molar-refractivity contribution in [2.75, 3.05) is 12.8 Å². The lowest BCUT2D eigenvalue weighted by molar-refractivity contribution is 0.100. The second-order valence-electron chi connectivity index (χ2n) is 10.5. The van der Waals surface area contributed by atoms with E-state index in [4.69, 9.17) is 14.8 Å². The number of halogens is 1. The van der Waals surface area contributed by atoms with Gasteiger partial charge in [0.15, 0.2) is 0 Å². The standard InChI is InChI=1S/C29H28BFN2O6S/c1-40(36,37)33(13-12-25-21-4-2-3-5-24(21)30(35)39-25)16-19-14-26-23(15-22(19)17-6-7-17)27(29(32)34)28(38-26)18-8-10-20(31)11-9-18/h2-5,8-11,14-15,17,25,35H,6-7,12-13,16H2,1H3,(H2,32,34). The molecule has 1 saturated carbocycles. The number of benzene rings is 3. The van der Waals surface area contributed by atoms with Crippen LogP contribution in [0.15, 0.2) is 65.1 Å². The number of hydrogen-bond donors (Lipinski definition) is 2. The van der Waals surface area contributed by atoms with Gasteiger partial charge in [-0.3, -0.25) is 4.79 Å². The Morgan fingerprint density at radius 2 is 1.85 bits per heavy atom. The van der Waals surface area contributed by atoms with E-state index in [2.05, 4.69) is 0 Å². The van der Waals surface area contributed by atoms with Gasteiger partial charge in [0.25, 0.3) is 5.91 Å². The number of nitrogens with two attached hydrogens (primary N) is 1. The van der Waals surface area contributed by atoms with Crippen molar-refractivity contribution >= 4 is 39.5 Å². The van der Waals surface area contributed by atoms with Gasteiger partial charge in [-0.25, -0.2) is 12.8 Å². The molecule has 8 nitrogen and oxygen atoms in total. The van der Waals surface area contributed by atoms with Gasteiger partial charge in [-0.1, -0.05) is 24.3 Å². The molecule has 0 bridgehead atoms. The number of rotatable bonds is 9. The molecule has 3 N–H and O–H groups in total. The van der Waals surface area contributed by atoms with E-state index in [0.717, 1.165) is 29.5 Å². The summed E-state index contributed by atoms with van der Waals surface area (Å²) in [6, 6.07) is 16.6. The number of carbonyl (C=O) groups is 1. The average Bonchev–Trinajstić information content (AvgIpc) is 3.61. The monoisotopic (exact) mass is 562 g/mol. The van der Waals surface area contributed by atoms with Crippen LogP contribution in [-0.2, 0) is 21.2 Å². The topological polar surface area (TPSA) is 123 Å². The number of carbonyl (C=O) groups excluding carboxylic acids is 1. The van der Waals surface area contributed by atoms with Crippen LogP contribution < -0.4 is 11.2 Å². The minimum Gasteiger partial charge on any atom is -0.455 e. The molecule has 4 aromatic rings. The van der Waals surface area contributed by atoms with Crippen molar-refractivity contribution in [1.82, 2.24) is 4.31 Å². The minimum atomic E-state index is -3.61. The molecule has 1 aromatic heterocycles. The van der Waals surface area contributed by atoms with Crippen molar-refractivity contribution < 1.29 is 31.7 Å². The molecule has 40 heavy (non-hydrogen) atoms. The molecule has 11 heteroatoms. The maximum absolute atomic E-state index is 13.5. The van der Waals surface area contributed by atoms with Gasteiger partial charge in [0.2, 0.25) is 10.0 Å². The zero-order valence-corrected chi connectivity index (χ0v) is 22.7. The van der Waals surface area contributed by atoms with Crippen molar-refractivity contribution in [2.45, 2.75) is 37.8 Å². The Morgan fingerprint density at radius 3 is 2.52 bits per heavy atom. The second-order valence-corrected chi connectivity index (χ2v) is 12.5. The molecule has 3 aromatic carbocycles. The average molecular weight is 562 g/mol. The normalized spacial score (nSPS) is 17.1. The number of sulfonamides is 1. The molecule has 0 spiro atoms. The first-order chi connectivity index (χ1) is 19.1. The fraction of sp³-hybridized carbons (Fsp3) is 0.276. The van der Waals surface area contributed by atoms with Crippen LogP contribution in [0.3, 0.4) is 0 Å². The molecule has 1 fully saturated rings. The molecule has 6 rings (SSSR count). The quantitative estimate of drug-likeness (QED) is 0.299. The largest absolute Gasteiger partial charge is 0.491 e. The molecule has 0 saturated heterocycles. The maximum Gasteiger partial charge on any atom is 0.491 e. The molecule has 2 heterocycles. The van der Waals surface area contributed by atoms with Crippen LogP contribution in [0.2, 0.25) is 0 Å². The van der Waals surface area contributed by atoms with E-state index in [1.54, 1.807) is 12.1 Å². The number of fused-ring (bicyclic) bond motifs is 2. The van der Waals surface area contributed by atoms with Crippen LogP contribution in [0, 0.1) is 5.82 Å². The summed E-state index contributed by atoms with van der Waals surface area (Å²) in [5, 5.41) is 10.8. The highest BCUT2D eigenvalue weighted by molar-refractivity contribution is 7.88. The minimum absolute atomic E-state index is 0.107. The van der Waals surface area contributed by atoms with Crippen LogP contribution in [0.4, 0.5) is 4.39 Å². The van der Waals surface area contributed by atoms with E-state index < -0.39 is 35.0 Å². The lowest BCUT2D eigenvalue weighted by atomic mass is 9.79. The van der Waals surface area contributed by atoms with Crippen molar-refractivity contribution in [3.63, 3.8) is 0 Å². The number of furan rings is 1. The Kier molecular flexibility index (Phi) is 6.78. The summed E-state index contributed by atoms with van der Waals surface area (Å²) in [7, 11) is -4.65. The first-order valence-corrected chi connectivity index (χ1v) is 15.0. The van der Waals surface area contributed by atoms with E-state index in [-0.39, 0.29) is 30.3 Å². The third-order valence-electron chi connectivity index (χ3n) is 7.68. The molecule has 1 aliphatic heterocycles. The summed E-state index contributed by atoms with van der Waals surface area (Å²) < 4.78 is 52.5. The first kappa shape index (κ1) is 26.7. The number of primary amides is 1. The number of hydrogen-bond acceptors (Lipinski definition) is 6. The third kappa shape index (κ3) is 5.06. The Morgan fingerprint density at radius 1 is 1.12 bits per heavy atom. The number of nitrogens with zero attached hydrogens (tertiary/aromatic N) is 1. The van der Waals surface area contributed by atoms with Crippen molar-refractivity contribution in [3.05, 3.63) is 88.7 Å². The van der Waals surface area contributed by atoms with Crippen LogP contribution >= 0.6 is 0 Å². The van der Waals surface area contributed by atoms with Crippen molar-refractivity contribution in [3.8, 4) is 11.3 Å². The van der Waals surface area contributed by atoms with Crippen molar-refractivity contribution in [2.24, 2.45) is 5.73 Å². The summed E-state index contributed by atoms with van der Waals surface area (Å²) in [6.07, 6.45) is 3.02. The summed E-state index contributed by atoms with van der Waals surface area (Å²) >= 11 is 0. The Balaban J connectivity index is 1.35. The molecule has 2 aliphatic rings. The highest BCUT2D eigenvalue weighted by atomic mass is 32.2. The molecule has 1 aliphatic carbocycles. The molecular formula is C29H28BFN2O6S. The predicted molar refractivity (Wildman–Crippen MR) is 150 cm³/mol. The van der Waals surface area contributed by atoms with E-state index in [9.17, 15) is 22.6 Å². The third-order valence-corrected chi connectivity index (χ3v) is 8.93. The summed E-state index contributed by atoms with van der Waals surface area (Å²) in [6.45, 7) is 0.286. The van der Waals surface area contributed by atoms with Crippen LogP contribution in [0.1, 0.15) is 58.3 Å². The van der Waals surface area contributed by atoms with E-state index >= 15 is 0 Å². The van der Waals surface area contributed by atoms with Gasteiger partial charge in [0.1, 0.15) is 17.2 Å². The highest BCUT2D eigenvalue weighted by Gasteiger charge is 2.36. The van der Waals surface area contributed by atoms with Gasteiger partial charge < -0.3 is 19.8 Å². The maximum atomic E-state index is 13.5. The van der Waals surface area contributed by atoms with Gasteiger partial charge in [-0.15, -0.1) is 0 Å². The van der Waals surface area contributed by atoms with Gasteiger partial charge >= 0.3 is 7.12 Å². The second kappa shape index (κ2) is 10.2. The van der Waals surface area contributed by atoms with Crippen LogP contribution in [0.5, 0.6) is 0 Å². The van der Waals surface area contributed by atoms with Crippen molar-refractivity contribution in [1.29, 1.82) is 0 Å². The zero-order valence-electron chi connectivity index (χ0n) is 21.8. The Labute approximate surface area is 231 Å². The Hall–Kier alpha value is -3.51. The van der Waals surface area contributed by atoms with Gasteiger partial charge in [-0.2, -0.15) is 4.31 Å². The predicted octanol–water partition coefficient (Wildman–Crippen LogP) is 3.83. The van der Waals surface area contributed by atoms with E-state index in [1.807, 2.05) is 24.3 Å². The summed E-state index contributed by atoms with van der Waals surface area (Å²) in [5.41, 5.74) is 10.2. The number of amides is 1. The summed E-state index contributed by atoms with van der Waals surface area (Å²) in [5.74, 6) is -0.590. The molecule has 206 valence electrons. The fourth-order valence-electron chi connectivity index (χ4n) is 5.53. The zero-order chi connectivity index (χ0) is 28.2. The lowest BCUT2D eigenvalue weighted by Gasteiger charge is -2.23. The molecular weight excluding hydrogens is 534 g/mol. The molecule has 1 atom stereocenters. The van der Waals surface area contributed by atoms with Crippen LogP contribution in [0.25, 0.3) is 22.3 Å².